The van der Waals surface area contributed by atoms with Crippen LogP contribution in [0.2, 0.25) is 0 Å². The zero-order valence-corrected chi connectivity index (χ0v) is 10.1. The summed E-state index contributed by atoms with van der Waals surface area (Å²) in [5.74, 6) is -0.0663. The molecule has 1 rings (SSSR count). The molecule has 0 heterocycles. The van der Waals surface area contributed by atoms with Crippen molar-refractivity contribution in [3.05, 3.63) is 29.8 Å². The number of methoxy groups -OCH3 is 1. The van der Waals surface area contributed by atoms with E-state index in [2.05, 4.69) is 5.32 Å². The number of carboxylic acid groups (broad SMARTS) is 1. The van der Waals surface area contributed by atoms with Crippen LogP contribution >= 0.6 is 12.4 Å². The molecule has 1 atom stereocenters. The molecule has 0 saturated heterocycles. The van der Waals surface area contributed by atoms with E-state index in [0.717, 1.165) is 11.3 Å². The van der Waals surface area contributed by atoms with Crippen molar-refractivity contribution in [3.8, 4) is 5.75 Å². The summed E-state index contributed by atoms with van der Waals surface area (Å²) >= 11 is 0. The number of carbonyl (C=O) groups is 1. The van der Waals surface area contributed by atoms with Crippen molar-refractivity contribution in [2.75, 3.05) is 14.2 Å². The van der Waals surface area contributed by atoms with E-state index < -0.39 is 12.0 Å². The number of ether oxygens (including phenoxy) is 1. The van der Waals surface area contributed by atoms with E-state index in [1.54, 1.807) is 14.2 Å². The summed E-state index contributed by atoms with van der Waals surface area (Å²) in [7, 11) is 3.24. The van der Waals surface area contributed by atoms with Crippen molar-refractivity contribution in [1.29, 1.82) is 0 Å². The Hall–Kier alpha value is -1.26. The summed E-state index contributed by atoms with van der Waals surface area (Å²) in [5, 5.41) is 11.6. The molecule has 0 spiro atoms. The molecular weight excluding hydrogens is 230 g/mol. The first-order chi connectivity index (χ1) is 7.17. The van der Waals surface area contributed by atoms with Gasteiger partial charge in [0.2, 0.25) is 0 Å². The Bertz CT molecular complexity index is 327. The second kappa shape index (κ2) is 7.09. The topological polar surface area (TPSA) is 58.6 Å². The Labute approximate surface area is 101 Å². The lowest BCUT2D eigenvalue weighted by Crippen LogP contribution is -2.35. The Balaban J connectivity index is 0.00000225. The minimum Gasteiger partial charge on any atom is -0.497 e. The molecule has 1 aromatic rings. The third-order valence-corrected chi connectivity index (χ3v) is 2.25. The maximum atomic E-state index is 10.8. The summed E-state index contributed by atoms with van der Waals surface area (Å²) < 4.78 is 5.02. The van der Waals surface area contributed by atoms with Gasteiger partial charge in [-0.15, -0.1) is 12.4 Å². The van der Waals surface area contributed by atoms with E-state index in [-0.39, 0.29) is 12.4 Å². The van der Waals surface area contributed by atoms with Crippen LogP contribution in [0.15, 0.2) is 24.3 Å². The summed E-state index contributed by atoms with van der Waals surface area (Å²) in [4.78, 5) is 10.8. The van der Waals surface area contributed by atoms with E-state index in [4.69, 9.17) is 9.84 Å². The first kappa shape index (κ1) is 14.7. The smallest absolute Gasteiger partial charge is 0.321 e. The van der Waals surface area contributed by atoms with Gasteiger partial charge in [-0.2, -0.15) is 0 Å². The van der Waals surface area contributed by atoms with Gasteiger partial charge in [-0.1, -0.05) is 12.1 Å². The molecule has 4 nitrogen and oxygen atoms in total. The minimum atomic E-state index is -0.840. The van der Waals surface area contributed by atoms with E-state index in [9.17, 15) is 4.79 Å². The van der Waals surface area contributed by atoms with Gasteiger partial charge in [0.05, 0.1) is 7.11 Å². The molecule has 5 heteroatoms. The predicted octanol–water partition coefficient (Wildman–Crippen LogP) is 1.33. The Morgan fingerprint density at radius 1 is 1.44 bits per heavy atom. The van der Waals surface area contributed by atoms with E-state index >= 15 is 0 Å². The van der Waals surface area contributed by atoms with Crippen LogP contribution in [0, 0.1) is 0 Å². The van der Waals surface area contributed by atoms with Crippen LogP contribution in [0.25, 0.3) is 0 Å². The monoisotopic (exact) mass is 245 g/mol. The van der Waals surface area contributed by atoms with Crippen LogP contribution in [0.5, 0.6) is 5.75 Å². The summed E-state index contributed by atoms with van der Waals surface area (Å²) in [5.41, 5.74) is 0.970. The van der Waals surface area contributed by atoms with Gasteiger partial charge in [-0.3, -0.25) is 4.79 Å². The molecule has 0 fully saturated rings. The molecule has 0 unspecified atom stereocenters. The van der Waals surface area contributed by atoms with Gasteiger partial charge in [0.1, 0.15) is 11.8 Å². The molecule has 0 aliphatic heterocycles. The first-order valence-electron chi connectivity index (χ1n) is 4.70. The zero-order chi connectivity index (χ0) is 11.3. The Kier molecular flexibility index (Phi) is 6.53. The lowest BCUT2D eigenvalue weighted by molar-refractivity contribution is -0.139. The van der Waals surface area contributed by atoms with Crippen molar-refractivity contribution in [3.63, 3.8) is 0 Å². The minimum absolute atomic E-state index is 0. The fraction of sp³-hybridized carbons (Fsp3) is 0.364. The molecule has 90 valence electrons. The molecule has 1 aromatic carbocycles. The SMILES string of the molecule is CN[C@@H](Cc1ccc(OC)cc1)C(=O)O.Cl. The van der Waals surface area contributed by atoms with Gasteiger partial charge in [-0.25, -0.2) is 0 Å². The van der Waals surface area contributed by atoms with Crippen LogP contribution in [-0.4, -0.2) is 31.3 Å². The van der Waals surface area contributed by atoms with E-state index in [1.165, 1.54) is 0 Å². The summed E-state index contributed by atoms with van der Waals surface area (Å²) in [6, 6.07) is 6.84. The molecule has 0 amide bonds. The van der Waals surface area contributed by atoms with Crippen LogP contribution in [0.4, 0.5) is 0 Å². The second-order valence-corrected chi connectivity index (χ2v) is 3.23. The average molecular weight is 246 g/mol. The van der Waals surface area contributed by atoms with Gasteiger partial charge in [0, 0.05) is 0 Å². The Morgan fingerprint density at radius 2 is 2.00 bits per heavy atom. The highest BCUT2D eigenvalue weighted by Gasteiger charge is 2.14. The highest BCUT2D eigenvalue weighted by molar-refractivity contribution is 5.85. The fourth-order valence-electron chi connectivity index (χ4n) is 1.31. The molecule has 0 saturated carbocycles. The standard InChI is InChI=1S/C11H15NO3.ClH/c1-12-10(11(13)14)7-8-3-5-9(15-2)6-4-8;/h3-6,10,12H,7H2,1-2H3,(H,13,14);1H/t10-;/m0./s1. The summed E-state index contributed by atoms with van der Waals surface area (Å²) in [6.07, 6.45) is 0.468. The third kappa shape index (κ3) is 4.08. The largest absolute Gasteiger partial charge is 0.497 e. The van der Waals surface area contributed by atoms with Gasteiger partial charge in [0.15, 0.2) is 0 Å². The number of hydrogen-bond donors (Lipinski definition) is 2. The molecule has 0 aromatic heterocycles. The number of rotatable bonds is 5. The molecule has 0 aliphatic rings. The zero-order valence-electron chi connectivity index (χ0n) is 9.27. The van der Waals surface area contributed by atoms with E-state index in [0.29, 0.717) is 6.42 Å². The molecule has 0 aliphatic carbocycles. The number of hydrogen-bond acceptors (Lipinski definition) is 3. The number of carboxylic acids is 1. The number of nitrogens with one attached hydrogen (secondary N) is 1. The third-order valence-electron chi connectivity index (χ3n) is 2.25. The van der Waals surface area contributed by atoms with Crippen molar-refractivity contribution in [2.24, 2.45) is 0 Å². The molecule has 0 bridgehead atoms. The molecular formula is C11H16ClNO3. The number of halogens is 1. The summed E-state index contributed by atoms with van der Waals surface area (Å²) in [6.45, 7) is 0. The van der Waals surface area contributed by atoms with Crippen molar-refractivity contribution in [1.82, 2.24) is 5.32 Å². The van der Waals surface area contributed by atoms with Gasteiger partial charge in [-0.05, 0) is 31.2 Å². The van der Waals surface area contributed by atoms with Crippen molar-refractivity contribution in [2.45, 2.75) is 12.5 Å². The fourth-order valence-corrected chi connectivity index (χ4v) is 1.31. The van der Waals surface area contributed by atoms with Gasteiger partial charge in [0.25, 0.3) is 0 Å². The highest BCUT2D eigenvalue weighted by atomic mass is 35.5. The van der Waals surface area contributed by atoms with E-state index in [1.807, 2.05) is 24.3 Å². The van der Waals surface area contributed by atoms with Crippen molar-refractivity contribution >= 4 is 18.4 Å². The maximum absolute atomic E-state index is 10.8. The quantitative estimate of drug-likeness (QED) is 0.822. The number of benzene rings is 1. The van der Waals surface area contributed by atoms with Crippen LogP contribution < -0.4 is 10.1 Å². The Morgan fingerprint density at radius 3 is 2.38 bits per heavy atom. The average Bonchev–Trinajstić information content (AvgIpc) is 2.26. The lowest BCUT2D eigenvalue weighted by atomic mass is 10.1. The lowest BCUT2D eigenvalue weighted by Gasteiger charge is -2.11. The van der Waals surface area contributed by atoms with Crippen molar-refractivity contribution < 1.29 is 14.6 Å². The molecule has 2 N–H and O–H groups in total. The van der Waals surface area contributed by atoms with Gasteiger partial charge < -0.3 is 15.2 Å². The van der Waals surface area contributed by atoms with Gasteiger partial charge >= 0.3 is 5.97 Å². The maximum Gasteiger partial charge on any atom is 0.321 e. The first-order valence-corrected chi connectivity index (χ1v) is 4.70. The number of aliphatic carboxylic acids is 1. The van der Waals surface area contributed by atoms with Crippen LogP contribution in [0.1, 0.15) is 5.56 Å². The predicted molar refractivity (Wildman–Crippen MR) is 64.4 cm³/mol. The van der Waals surface area contributed by atoms with Crippen LogP contribution in [-0.2, 0) is 11.2 Å². The van der Waals surface area contributed by atoms with Crippen LogP contribution in [0.3, 0.4) is 0 Å². The second-order valence-electron chi connectivity index (χ2n) is 3.23. The highest BCUT2D eigenvalue weighted by Crippen LogP contribution is 2.12. The molecule has 16 heavy (non-hydrogen) atoms. The molecule has 0 radical (unpaired) electrons. The number of likely N-dealkylation sites (N-methyl/N-ethyl adjacent to an activating group) is 1. The normalized spacial score (nSPS) is 11.4.